The fraction of sp³-hybridized carbons (Fsp3) is 0. The SMILES string of the molecule is c1ccc(-c2nc(-c3ccccc3)nc(-c3ccc4cc(-c5cccc6c5ccc5c7ccccc7sc65)ccc4c3)n2)cc1. The molecular formula is C41H25N3S. The van der Waals surface area contributed by atoms with Crippen LogP contribution in [0.5, 0.6) is 0 Å². The van der Waals surface area contributed by atoms with E-state index >= 15 is 0 Å². The summed E-state index contributed by atoms with van der Waals surface area (Å²) in [5.41, 5.74) is 5.34. The Morgan fingerprint density at radius 2 is 0.889 bits per heavy atom. The summed E-state index contributed by atoms with van der Waals surface area (Å²) >= 11 is 1.88. The van der Waals surface area contributed by atoms with Crippen molar-refractivity contribution in [2.45, 2.75) is 0 Å². The first kappa shape index (κ1) is 25.8. The van der Waals surface area contributed by atoms with Crippen LogP contribution in [0.15, 0.2) is 152 Å². The van der Waals surface area contributed by atoms with Crippen molar-refractivity contribution >= 4 is 53.1 Å². The van der Waals surface area contributed by atoms with Crippen molar-refractivity contribution in [1.82, 2.24) is 15.0 Å². The zero-order chi connectivity index (χ0) is 29.7. The third-order valence-electron chi connectivity index (χ3n) is 8.51. The highest BCUT2D eigenvalue weighted by Crippen LogP contribution is 2.41. The van der Waals surface area contributed by atoms with Crippen LogP contribution in [0.2, 0.25) is 0 Å². The van der Waals surface area contributed by atoms with Crippen molar-refractivity contribution in [2.24, 2.45) is 0 Å². The van der Waals surface area contributed by atoms with Crippen molar-refractivity contribution < 1.29 is 0 Å². The molecule has 0 saturated carbocycles. The van der Waals surface area contributed by atoms with Gasteiger partial charge in [-0.3, -0.25) is 0 Å². The van der Waals surface area contributed by atoms with E-state index in [9.17, 15) is 0 Å². The second-order valence-electron chi connectivity index (χ2n) is 11.3. The summed E-state index contributed by atoms with van der Waals surface area (Å²) in [6.45, 7) is 0. The third kappa shape index (κ3) is 4.46. The smallest absolute Gasteiger partial charge is 0.164 e. The van der Waals surface area contributed by atoms with E-state index < -0.39 is 0 Å². The van der Waals surface area contributed by atoms with Gasteiger partial charge in [0.25, 0.3) is 0 Å². The van der Waals surface area contributed by atoms with Gasteiger partial charge in [0.2, 0.25) is 0 Å². The normalized spacial score (nSPS) is 11.6. The van der Waals surface area contributed by atoms with Gasteiger partial charge in [0.05, 0.1) is 0 Å². The fourth-order valence-corrected chi connectivity index (χ4v) is 7.51. The summed E-state index contributed by atoms with van der Waals surface area (Å²) < 4.78 is 2.68. The minimum atomic E-state index is 0.662. The Kier molecular flexibility index (Phi) is 6.00. The van der Waals surface area contributed by atoms with E-state index in [0.717, 1.165) is 22.1 Å². The predicted octanol–water partition coefficient (Wildman–Crippen LogP) is 11.2. The van der Waals surface area contributed by atoms with Crippen molar-refractivity contribution in [3.8, 4) is 45.3 Å². The predicted molar refractivity (Wildman–Crippen MR) is 189 cm³/mol. The fourth-order valence-electron chi connectivity index (χ4n) is 6.28. The molecule has 0 N–H and O–H groups in total. The topological polar surface area (TPSA) is 38.7 Å². The molecule has 0 fully saturated rings. The lowest BCUT2D eigenvalue weighted by Gasteiger charge is -2.11. The molecule has 2 aromatic heterocycles. The second kappa shape index (κ2) is 10.5. The molecule has 9 aromatic rings. The molecule has 9 rings (SSSR count). The van der Waals surface area contributed by atoms with E-state index in [-0.39, 0.29) is 0 Å². The van der Waals surface area contributed by atoms with Crippen LogP contribution in [0.25, 0.3) is 87.0 Å². The Morgan fingerprint density at radius 3 is 1.60 bits per heavy atom. The van der Waals surface area contributed by atoms with Gasteiger partial charge in [0.15, 0.2) is 17.5 Å². The molecule has 0 unspecified atom stereocenters. The summed E-state index contributed by atoms with van der Waals surface area (Å²) in [7, 11) is 0. The number of hydrogen-bond donors (Lipinski definition) is 0. The Balaban J connectivity index is 1.15. The van der Waals surface area contributed by atoms with E-state index in [2.05, 4.69) is 91.0 Å². The number of fused-ring (bicyclic) bond motifs is 6. The molecule has 0 amide bonds. The number of nitrogens with zero attached hydrogens (tertiary/aromatic N) is 3. The molecule has 4 heteroatoms. The lowest BCUT2D eigenvalue weighted by Crippen LogP contribution is -2.00. The molecule has 45 heavy (non-hydrogen) atoms. The standard InChI is InChI=1S/C41H25N3S/c1-3-10-26(11-4-1)39-42-40(27-12-5-2-6-13-27)44-41(43-39)31-21-19-28-24-30(20-18-29(28)25-31)32-15-9-16-35-33(32)22-23-36-34-14-7-8-17-37(34)45-38(35)36/h1-25H. The quantitative estimate of drug-likeness (QED) is 0.204. The molecule has 2 heterocycles. The first-order valence-corrected chi connectivity index (χ1v) is 15.8. The van der Waals surface area contributed by atoms with E-state index in [1.807, 2.05) is 72.0 Å². The van der Waals surface area contributed by atoms with Crippen LogP contribution < -0.4 is 0 Å². The molecule has 0 aliphatic carbocycles. The molecule has 7 aromatic carbocycles. The van der Waals surface area contributed by atoms with Gasteiger partial charge in [-0.2, -0.15) is 0 Å². The summed E-state index contributed by atoms with van der Waals surface area (Å²) in [4.78, 5) is 14.7. The summed E-state index contributed by atoms with van der Waals surface area (Å²) in [5, 5.41) is 7.56. The van der Waals surface area contributed by atoms with Crippen molar-refractivity contribution in [2.75, 3.05) is 0 Å². The van der Waals surface area contributed by atoms with Crippen LogP contribution in [-0.4, -0.2) is 15.0 Å². The first-order valence-electron chi connectivity index (χ1n) is 15.0. The summed E-state index contributed by atoms with van der Waals surface area (Å²) in [5.74, 6) is 1.99. The van der Waals surface area contributed by atoms with Gasteiger partial charge in [-0.1, -0.05) is 133 Å². The highest BCUT2D eigenvalue weighted by molar-refractivity contribution is 7.26. The number of benzene rings is 7. The molecule has 0 spiro atoms. The molecule has 0 saturated heterocycles. The van der Waals surface area contributed by atoms with Crippen molar-refractivity contribution in [3.05, 3.63) is 152 Å². The van der Waals surface area contributed by atoms with Crippen LogP contribution in [0.3, 0.4) is 0 Å². The van der Waals surface area contributed by atoms with Gasteiger partial charge in [-0.15, -0.1) is 11.3 Å². The molecular weight excluding hydrogens is 567 g/mol. The monoisotopic (exact) mass is 591 g/mol. The van der Waals surface area contributed by atoms with Crippen LogP contribution in [-0.2, 0) is 0 Å². The van der Waals surface area contributed by atoms with Gasteiger partial charge in [0, 0.05) is 42.2 Å². The summed E-state index contributed by atoms with van der Waals surface area (Å²) in [6.07, 6.45) is 0. The molecule has 0 radical (unpaired) electrons. The van der Waals surface area contributed by atoms with Crippen LogP contribution in [0, 0.1) is 0 Å². The lowest BCUT2D eigenvalue weighted by molar-refractivity contribution is 1.07. The Bertz CT molecular complexity index is 2480. The van der Waals surface area contributed by atoms with Crippen LogP contribution >= 0.6 is 11.3 Å². The van der Waals surface area contributed by atoms with Gasteiger partial charge in [0.1, 0.15) is 0 Å². The minimum Gasteiger partial charge on any atom is -0.208 e. The van der Waals surface area contributed by atoms with Gasteiger partial charge in [-0.25, -0.2) is 15.0 Å². The number of aromatic nitrogens is 3. The maximum atomic E-state index is 4.92. The lowest BCUT2D eigenvalue weighted by atomic mass is 9.95. The van der Waals surface area contributed by atoms with Crippen LogP contribution in [0.4, 0.5) is 0 Å². The second-order valence-corrected chi connectivity index (χ2v) is 12.3. The molecule has 3 nitrogen and oxygen atoms in total. The molecule has 0 aliphatic heterocycles. The van der Waals surface area contributed by atoms with E-state index in [0.29, 0.717) is 17.5 Å². The van der Waals surface area contributed by atoms with E-state index in [4.69, 9.17) is 15.0 Å². The average molecular weight is 592 g/mol. The van der Waals surface area contributed by atoms with Crippen LogP contribution in [0.1, 0.15) is 0 Å². The average Bonchev–Trinajstić information content (AvgIpc) is 3.51. The van der Waals surface area contributed by atoms with E-state index in [1.54, 1.807) is 0 Å². The Labute approximate surface area is 264 Å². The molecule has 0 bridgehead atoms. The van der Waals surface area contributed by atoms with E-state index in [1.165, 1.54) is 47.5 Å². The van der Waals surface area contributed by atoms with Crippen molar-refractivity contribution in [1.29, 1.82) is 0 Å². The number of hydrogen-bond acceptors (Lipinski definition) is 4. The van der Waals surface area contributed by atoms with Crippen molar-refractivity contribution in [3.63, 3.8) is 0 Å². The number of thiophene rings is 1. The maximum absolute atomic E-state index is 4.92. The molecule has 0 atom stereocenters. The maximum Gasteiger partial charge on any atom is 0.164 e. The zero-order valence-electron chi connectivity index (χ0n) is 24.2. The highest BCUT2D eigenvalue weighted by atomic mass is 32.1. The minimum absolute atomic E-state index is 0.662. The zero-order valence-corrected chi connectivity index (χ0v) is 25.0. The number of rotatable bonds is 4. The Morgan fingerprint density at radius 1 is 0.356 bits per heavy atom. The summed E-state index contributed by atoms with van der Waals surface area (Å²) in [6, 6.07) is 53.3. The first-order chi connectivity index (χ1) is 22.3. The third-order valence-corrected chi connectivity index (χ3v) is 9.73. The highest BCUT2D eigenvalue weighted by Gasteiger charge is 2.14. The molecule has 0 aliphatic rings. The van der Waals surface area contributed by atoms with Gasteiger partial charge in [-0.05, 0) is 45.5 Å². The Hall–Kier alpha value is -5.71. The molecule has 210 valence electrons. The largest absolute Gasteiger partial charge is 0.208 e. The van der Waals surface area contributed by atoms with Gasteiger partial charge >= 0.3 is 0 Å². The van der Waals surface area contributed by atoms with Gasteiger partial charge < -0.3 is 0 Å².